The lowest BCUT2D eigenvalue weighted by atomic mass is 9.95. The van der Waals surface area contributed by atoms with Gasteiger partial charge in [0.05, 0.1) is 11.1 Å². The lowest BCUT2D eigenvalue weighted by molar-refractivity contribution is 0.541. The molecule has 0 N–H and O–H groups in total. The Kier molecular flexibility index (Phi) is 3.70. The summed E-state index contributed by atoms with van der Waals surface area (Å²) in [6.45, 7) is 13.4. The number of rotatable bonds is 1. The first kappa shape index (κ1) is 12.8. The molecule has 2 heteroatoms. The van der Waals surface area contributed by atoms with Crippen LogP contribution in [0.4, 0.5) is 0 Å². The molecule has 15 heavy (non-hydrogen) atoms. The summed E-state index contributed by atoms with van der Waals surface area (Å²) in [4.78, 5) is 4.76. The minimum atomic E-state index is 0.217. The maximum Gasteiger partial charge on any atom is 0.0784 e. The third-order valence-electron chi connectivity index (χ3n) is 2.13. The molecule has 0 aromatic heterocycles. The molecule has 0 aromatic rings. The average molecular weight is 225 g/mol. The van der Waals surface area contributed by atoms with Gasteiger partial charge in [-0.1, -0.05) is 53.7 Å². The van der Waals surface area contributed by atoms with E-state index >= 15 is 0 Å². The van der Waals surface area contributed by atoms with E-state index in [2.05, 4.69) is 53.7 Å². The molecule has 0 saturated carbocycles. The molecule has 1 unspecified atom stereocenters. The predicted molar refractivity (Wildman–Crippen MR) is 71.7 cm³/mol. The van der Waals surface area contributed by atoms with Gasteiger partial charge in [0.25, 0.3) is 0 Å². The summed E-state index contributed by atoms with van der Waals surface area (Å²) in [6, 6.07) is 0.392. The highest BCUT2D eigenvalue weighted by atomic mass is 32.2. The lowest BCUT2D eigenvalue weighted by Gasteiger charge is -2.16. The minimum Gasteiger partial charge on any atom is -0.274 e. The van der Waals surface area contributed by atoms with Crippen LogP contribution in [0, 0.1) is 10.8 Å². The fourth-order valence-electron chi connectivity index (χ4n) is 1.30. The molecule has 0 spiro atoms. The molecule has 1 aliphatic rings. The molecule has 1 atom stereocenters. The molecule has 0 aromatic carbocycles. The largest absolute Gasteiger partial charge is 0.274 e. The van der Waals surface area contributed by atoms with Gasteiger partial charge in [-0.25, -0.2) is 0 Å². The quantitative estimate of drug-likeness (QED) is 0.611. The van der Waals surface area contributed by atoms with Gasteiger partial charge in [0.1, 0.15) is 0 Å². The Bertz CT molecular complexity index is 276. The van der Waals surface area contributed by atoms with Gasteiger partial charge < -0.3 is 0 Å². The Hall–Kier alpha value is -0.240. The fourth-order valence-corrected chi connectivity index (χ4v) is 2.46. The van der Waals surface area contributed by atoms with Crippen LogP contribution < -0.4 is 0 Å². The Morgan fingerprint density at radius 3 is 2.20 bits per heavy atom. The molecule has 0 bridgehead atoms. The Balaban J connectivity index is 2.63. The molecule has 1 heterocycles. The number of thioether (sulfide) groups is 1. The van der Waals surface area contributed by atoms with Gasteiger partial charge in [-0.3, -0.25) is 4.99 Å². The normalized spacial score (nSPS) is 23.6. The van der Waals surface area contributed by atoms with E-state index in [1.54, 1.807) is 0 Å². The van der Waals surface area contributed by atoms with E-state index in [0.29, 0.717) is 6.04 Å². The molecule has 0 fully saturated rings. The van der Waals surface area contributed by atoms with Crippen LogP contribution in [0.2, 0.25) is 0 Å². The highest BCUT2D eigenvalue weighted by Crippen LogP contribution is 2.31. The minimum absolute atomic E-state index is 0.217. The first-order valence-corrected chi connectivity index (χ1v) is 6.57. The fraction of sp³-hybridized carbons (Fsp3) is 0.769. The summed E-state index contributed by atoms with van der Waals surface area (Å²) in [5, 5.41) is 1.30. The molecule has 0 amide bonds. The Morgan fingerprint density at radius 1 is 1.20 bits per heavy atom. The molecule has 0 radical (unpaired) electrons. The molecular formula is C13H23NS. The van der Waals surface area contributed by atoms with Crippen molar-refractivity contribution in [2.45, 2.75) is 47.6 Å². The molecule has 0 saturated heterocycles. The van der Waals surface area contributed by atoms with E-state index in [1.807, 2.05) is 11.8 Å². The van der Waals surface area contributed by atoms with E-state index in [9.17, 15) is 0 Å². The van der Waals surface area contributed by atoms with Crippen LogP contribution in [0.3, 0.4) is 0 Å². The number of aliphatic imine (C=N–C) groups is 1. The van der Waals surface area contributed by atoms with Gasteiger partial charge in [0, 0.05) is 11.2 Å². The van der Waals surface area contributed by atoms with Gasteiger partial charge >= 0.3 is 0 Å². The molecule has 1 nitrogen and oxygen atoms in total. The maximum atomic E-state index is 4.76. The van der Waals surface area contributed by atoms with Crippen LogP contribution in [0.15, 0.2) is 17.1 Å². The van der Waals surface area contributed by atoms with E-state index in [-0.39, 0.29) is 10.8 Å². The second-order valence-electron chi connectivity index (χ2n) is 6.29. The van der Waals surface area contributed by atoms with Crippen molar-refractivity contribution in [3.8, 4) is 0 Å². The molecular weight excluding hydrogens is 202 g/mol. The van der Waals surface area contributed by atoms with Gasteiger partial charge in [-0.05, 0) is 5.41 Å². The van der Waals surface area contributed by atoms with Crippen molar-refractivity contribution in [3.05, 3.63) is 12.2 Å². The third kappa shape index (κ3) is 4.42. The SMILES string of the molecule is CC(C)(C)/C=C/C1CSC(C(C)(C)C)=N1. The van der Waals surface area contributed by atoms with Gasteiger partial charge in [-0.2, -0.15) is 0 Å². The molecule has 1 rings (SSSR count). The number of allylic oxidation sites excluding steroid dienone is 1. The van der Waals surface area contributed by atoms with Crippen molar-refractivity contribution in [2.24, 2.45) is 15.8 Å². The van der Waals surface area contributed by atoms with E-state index < -0.39 is 0 Å². The summed E-state index contributed by atoms with van der Waals surface area (Å²) in [5.41, 5.74) is 0.486. The summed E-state index contributed by atoms with van der Waals surface area (Å²) < 4.78 is 0. The zero-order valence-corrected chi connectivity index (χ0v) is 11.6. The van der Waals surface area contributed by atoms with Crippen molar-refractivity contribution < 1.29 is 0 Å². The van der Waals surface area contributed by atoms with E-state index in [4.69, 9.17) is 4.99 Å². The van der Waals surface area contributed by atoms with Crippen LogP contribution in [0.1, 0.15) is 41.5 Å². The first-order chi connectivity index (χ1) is 6.68. The standard InChI is InChI=1S/C13H23NS/c1-12(2,3)8-7-10-9-15-11(14-10)13(4,5)6/h7-8,10H,9H2,1-6H3/b8-7+. The highest BCUT2D eigenvalue weighted by molar-refractivity contribution is 8.14. The van der Waals surface area contributed by atoms with Gasteiger partial charge in [0.2, 0.25) is 0 Å². The van der Waals surface area contributed by atoms with Gasteiger partial charge in [-0.15, -0.1) is 11.8 Å². The van der Waals surface area contributed by atoms with Crippen LogP contribution in [-0.4, -0.2) is 16.8 Å². The van der Waals surface area contributed by atoms with Crippen LogP contribution in [0.5, 0.6) is 0 Å². The summed E-state index contributed by atoms with van der Waals surface area (Å²) in [6.07, 6.45) is 4.53. The van der Waals surface area contributed by atoms with Gasteiger partial charge in [0.15, 0.2) is 0 Å². The number of hydrogen-bond acceptors (Lipinski definition) is 2. The van der Waals surface area contributed by atoms with Crippen LogP contribution in [0.25, 0.3) is 0 Å². The highest BCUT2D eigenvalue weighted by Gasteiger charge is 2.26. The third-order valence-corrected chi connectivity index (χ3v) is 3.63. The van der Waals surface area contributed by atoms with Crippen LogP contribution in [-0.2, 0) is 0 Å². The van der Waals surface area contributed by atoms with Crippen molar-refractivity contribution in [2.75, 3.05) is 5.75 Å². The monoisotopic (exact) mass is 225 g/mol. The van der Waals surface area contributed by atoms with E-state index in [0.717, 1.165) is 5.75 Å². The van der Waals surface area contributed by atoms with Crippen molar-refractivity contribution in [3.63, 3.8) is 0 Å². The zero-order valence-electron chi connectivity index (χ0n) is 10.8. The molecule has 0 aliphatic carbocycles. The van der Waals surface area contributed by atoms with Crippen molar-refractivity contribution in [1.29, 1.82) is 0 Å². The number of nitrogens with zero attached hydrogens (tertiary/aromatic N) is 1. The van der Waals surface area contributed by atoms with E-state index in [1.165, 1.54) is 5.04 Å². The maximum absolute atomic E-state index is 4.76. The van der Waals surface area contributed by atoms with Crippen molar-refractivity contribution in [1.82, 2.24) is 0 Å². The lowest BCUT2D eigenvalue weighted by Crippen LogP contribution is -2.14. The summed E-state index contributed by atoms with van der Waals surface area (Å²) in [7, 11) is 0. The summed E-state index contributed by atoms with van der Waals surface area (Å²) in [5.74, 6) is 1.11. The first-order valence-electron chi connectivity index (χ1n) is 5.59. The van der Waals surface area contributed by atoms with Crippen LogP contribution >= 0.6 is 11.8 Å². The second kappa shape index (κ2) is 4.32. The zero-order chi connectivity index (χ0) is 11.7. The Morgan fingerprint density at radius 2 is 1.80 bits per heavy atom. The number of hydrogen-bond donors (Lipinski definition) is 0. The average Bonchev–Trinajstić information content (AvgIpc) is 2.45. The second-order valence-corrected chi connectivity index (χ2v) is 7.30. The molecule has 1 aliphatic heterocycles. The Labute approximate surface area is 98.4 Å². The summed E-state index contributed by atoms with van der Waals surface area (Å²) >= 11 is 1.91. The topological polar surface area (TPSA) is 12.4 Å². The van der Waals surface area contributed by atoms with Crippen molar-refractivity contribution >= 4 is 16.8 Å². The smallest absolute Gasteiger partial charge is 0.0784 e. The predicted octanol–water partition coefficient (Wildman–Crippen LogP) is 4.15. The molecule has 86 valence electrons.